The molecule has 0 spiro atoms. The van der Waals surface area contributed by atoms with E-state index in [2.05, 4.69) is 21.4 Å². The summed E-state index contributed by atoms with van der Waals surface area (Å²) < 4.78 is 5.22. The van der Waals surface area contributed by atoms with Crippen molar-refractivity contribution < 1.29 is 9.53 Å². The molecule has 0 aromatic heterocycles. The van der Waals surface area contributed by atoms with Gasteiger partial charge in [0.2, 0.25) is 0 Å². The number of hydrogen-bond acceptors (Lipinski definition) is 3. The van der Waals surface area contributed by atoms with Gasteiger partial charge in [0.05, 0.1) is 13.2 Å². The molecule has 0 aliphatic carbocycles. The highest BCUT2D eigenvalue weighted by molar-refractivity contribution is 9.08. The van der Waals surface area contributed by atoms with E-state index in [1.54, 1.807) is 0 Å². The molecule has 0 bridgehead atoms. The summed E-state index contributed by atoms with van der Waals surface area (Å²) in [6.45, 7) is 2.82. The maximum absolute atomic E-state index is 11.9. The number of halogens is 1. The van der Waals surface area contributed by atoms with Crippen LogP contribution in [0.15, 0.2) is 24.3 Å². The van der Waals surface area contributed by atoms with E-state index in [0.29, 0.717) is 18.8 Å². The number of alkyl halides is 1. The summed E-state index contributed by atoms with van der Waals surface area (Å²) in [5.74, 6) is -0.0620. The lowest BCUT2D eigenvalue weighted by Gasteiger charge is -2.26. The first-order chi connectivity index (χ1) is 8.29. The maximum Gasteiger partial charge on any atom is 0.265 e. The topological polar surface area (TPSA) is 41.6 Å². The van der Waals surface area contributed by atoms with E-state index in [1.807, 2.05) is 29.3 Å². The van der Waals surface area contributed by atoms with Gasteiger partial charge in [0.15, 0.2) is 0 Å². The zero-order valence-electron chi connectivity index (χ0n) is 9.49. The van der Waals surface area contributed by atoms with E-state index < -0.39 is 0 Å². The Morgan fingerprint density at radius 1 is 1.29 bits per heavy atom. The number of amides is 1. The molecular weight excluding hydrogens is 284 g/mol. The highest BCUT2D eigenvalue weighted by atomic mass is 79.9. The van der Waals surface area contributed by atoms with Crippen molar-refractivity contribution in [2.24, 2.45) is 0 Å². The minimum Gasteiger partial charge on any atom is -0.379 e. The molecule has 1 aromatic rings. The quantitative estimate of drug-likeness (QED) is 0.861. The molecule has 1 aromatic carbocycles. The van der Waals surface area contributed by atoms with Crippen LogP contribution in [0.3, 0.4) is 0 Å². The average Bonchev–Trinajstić information content (AvgIpc) is 2.40. The van der Waals surface area contributed by atoms with Crippen molar-refractivity contribution in [3.8, 4) is 0 Å². The van der Waals surface area contributed by atoms with Gasteiger partial charge in [0, 0.05) is 24.0 Å². The van der Waals surface area contributed by atoms with Gasteiger partial charge in [-0.1, -0.05) is 28.1 Å². The molecule has 1 aliphatic heterocycles. The Balaban J connectivity index is 1.93. The van der Waals surface area contributed by atoms with Crippen LogP contribution in [0.1, 0.15) is 15.9 Å². The smallest absolute Gasteiger partial charge is 0.265 e. The van der Waals surface area contributed by atoms with Gasteiger partial charge >= 0.3 is 0 Å². The lowest BCUT2D eigenvalue weighted by Crippen LogP contribution is -2.48. The maximum atomic E-state index is 11.9. The number of ether oxygens (including phenoxy) is 1. The summed E-state index contributed by atoms with van der Waals surface area (Å²) in [7, 11) is 0. The summed E-state index contributed by atoms with van der Waals surface area (Å²) in [5.41, 5.74) is 4.72. The van der Waals surface area contributed by atoms with Gasteiger partial charge in [-0.25, -0.2) is 5.01 Å². The van der Waals surface area contributed by atoms with Crippen molar-refractivity contribution in [2.45, 2.75) is 5.33 Å². The molecule has 1 heterocycles. The van der Waals surface area contributed by atoms with E-state index >= 15 is 0 Å². The number of carbonyl (C=O) groups excluding carboxylic acids is 1. The minimum absolute atomic E-state index is 0.0620. The Hall–Kier alpha value is -0.910. The molecule has 0 saturated carbocycles. The number of rotatable bonds is 3. The third-order valence-electron chi connectivity index (χ3n) is 2.64. The number of morpholine rings is 1. The molecule has 1 amide bonds. The number of hydrogen-bond donors (Lipinski definition) is 1. The van der Waals surface area contributed by atoms with Crippen LogP contribution in [0.25, 0.3) is 0 Å². The first-order valence-corrected chi connectivity index (χ1v) is 6.70. The fourth-order valence-electron chi connectivity index (χ4n) is 1.63. The van der Waals surface area contributed by atoms with Crippen LogP contribution in [-0.2, 0) is 10.1 Å². The monoisotopic (exact) mass is 298 g/mol. The number of hydrazine groups is 1. The van der Waals surface area contributed by atoms with E-state index in [9.17, 15) is 4.79 Å². The molecular formula is C12H15BrN2O2. The number of nitrogens with one attached hydrogen (secondary N) is 1. The van der Waals surface area contributed by atoms with Gasteiger partial charge in [0.1, 0.15) is 0 Å². The standard InChI is InChI=1S/C12H15BrN2O2/c13-9-10-1-3-11(4-2-10)12(16)14-15-5-7-17-8-6-15/h1-4H,5-9H2,(H,14,16). The van der Waals surface area contributed by atoms with Crippen LogP contribution in [0.5, 0.6) is 0 Å². The number of carbonyl (C=O) groups is 1. The van der Waals surface area contributed by atoms with Gasteiger partial charge in [-0.2, -0.15) is 0 Å². The van der Waals surface area contributed by atoms with Gasteiger partial charge < -0.3 is 4.74 Å². The van der Waals surface area contributed by atoms with Crippen LogP contribution in [0.4, 0.5) is 0 Å². The molecule has 5 heteroatoms. The fourth-order valence-corrected chi connectivity index (χ4v) is 2.00. The molecule has 2 rings (SSSR count). The van der Waals surface area contributed by atoms with Crippen molar-refractivity contribution in [3.63, 3.8) is 0 Å². The van der Waals surface area contributed by atoms with Crippen LogP contribution < -0.4 is 5.43 Å². The lowest BCUT2D eigenvalue weighted by atomic mass is 10.1. The van der Waals surface area contributed by atoms with Crippen molar-refractivity contribution in [3.05, 3.63) is 35.4 Å². The van der Waals surface area contributed by atoms with Crippen LogP contribution >= 0.6 is 15.9 Å². The van der Waals surface area contributed by atoms with E-state index in [0.717, 1.165) is 24.0 Å². The molecule has 4 nitrogen and oxygen atoms in total. The normalized spacial score (nSPS) is 16.8. The number of benzene rings is 1. The largest absolute Gasteiger partial charge is 0.379 e. The fraction of sp³-hybridized carbons (Fsp3) is 0.417. The van der Waals surface area contributed by atoms with Gasteiger partial charge in [-0.05, 0) is 17.7 Å². The molecule has 1 N–H and O–H groups in total. The van der Waals surface area contributed by atoms with Crippen molar-refractivity contribution in [1.29, 1.82) is 0 Å². The first-order valence-electron chi connectivity index (χ1n) is 5.58. The molecule has 0 atom stereocenters. The van der Waals surface area contributed by atoms with E-state index in [1.165, 1.54) is 0 Å². The SMILES string of the molecule is O=C(NN1CCOCC1)c1ccc(CBr)cc1. The van der Waals surface area contributed by atoms with E-state index in [4.69, 9.17) is 4.74 Å². The predicted molar refractivity (Wildman–Crippen MR) is 68.9 cm³/mol. The zero-order chi connectivity index (χ0) is 12.1. The third-order valence-corrected chi connectivity index (χ3v) is 3.29. The van der Waals surface area contributed by atoms with E-state index in [-0.39, 0.29) is 5.91 Å². The molecule has 1 fully saturated rings. The summed E-state index contributed by atoms with van der Waals surface area (Å²) in [5, 5.41) is 2.70. The summed E-state index contributed by atoms with van der Waals surface area (Å²) in [6, 6.07) is 7.57. The molecule has 0 radical (unpaired) electrons. The van der Waals surface area contributed by atoms with Gasteiger partial charge in [-0.3, -0.25) is 10.2 Å². The summed E-state index contributed by atoms with van der Waals surface area (Å²) in [4.78, 5) is 11.9. The van der Waals surface area contributed by atoms with Gasteiger partial charge in [-0.15, -0.1) is 0 Å². The molecule has 92 valence electrons. The van der Waals surface area contributed by atoms with Crippen molar-refractivity contribution in [1.82, 2.24) is 10.4 Å². The minimum atomic E-state index is -0.0620. The van der Waals surface area contributed by atoms with Crippen LogP contribution in [0.2, 0.25) is 0 Å². The Bertz CT molecular complexity index is 375. The Morgan fingerprint density at radius 3 is 2.53 bits per heavy atom. The molecule has 1 aliphatic rings. The highest BCUT2D eigenvalue weighted by Gasteiger charge is 2.13. The second-order valence-electron chi connectivity index (χ2n) is 3.87. The van der Waals surface area contributed by atoms with Crippen molar-refractivity contribution >= 4 is 21.8 Å². The Labute approximate surface area is 109 Å². The Morgan fingerprint density at radius 2 is 1.94 bits per heavy atom. The van der Waals surface area contributed by atoms with Gasteiger partial charge in [0.25, 0.3) is 5.91 Å². The second kappa shape index (κ2) is 6.14. The summed E-state index contributed by atoms with van der Waals surface area (Å²) in [6.07, 6.45) is 0. The second-order valence-corrected chi connectivity index (χ2v) is 4.43. The Kier molecular flexibility index (Phi) is 4.53. The average molecular weight is 299 g/mol. The molecule has 17 heavy (non-hydrogen) atoms. The zero-order valence-corrected chi connectivity index (χ0v) is 11.1. The van der Waals surface area contributed by atoms with Crippen LogP contribution in [0, 0.1) is 0 Å². The summed E-state index contributed by atoms with van der Waals surface area (Å²) >= 11 is 3.38. The first kappa shape index (κ1) is 12.5. The third kappa shape index (κ3) is 3.52. The lowest BCUT2D eigenvalue weighted by molar-refractivity contribution is 0.0126. The predicted octanol–water partition coefficient (Wildman–Crippen LogP) is 1.56. The van der Waals surface area contributed by atoms with Crippen LogP contribution in [-0.4, -0.2) is 37.2 Å². The molecule has 0 unspecified atom stereocenters. The van der Waals surface area contributed by atoms with Crippen molar-refractivity contribution in [2.75, 3.05) is 26.3 Å². The number of nitrogens with zero attached hydrogens (tertiary/aromatic N) is 1. The highest BCUT2D eigenvalue weighted by Crippen LogP contribution is 2.08. The molecule has 1 saturated heterocycles.